The number of fused-ring (bicyclic) bond motifs is 2. The fraction of sp³-hybridized carbons (Fsp3) is 0.292. The zero-order valence-corrected chi connectivity index (χ0v) is 35.9. The summed E-state index contributed by atoms with van der Waals surface area (Å²) in [5.41, 5.74) is 9.54. The van der Waals surface area contributed by atoms with Crippen molar-refractivity contribution in [1.82, 2.24) is 39.5 Å². The first-order valence-corrected chi connectivity index (χ1v) is 20.9. The predicted octanol–water partition coefficient (Wildman–Crippen LogP) is 9.38. The summed E-state index contributed by atoms with van der Waals surface area (Å²) >= 11 is 0. The number of ether oxygens (including phenoxy) is 4. The molecule has 0 N–H and O–H groups in total. The minimum absolute atomic E-state index is 0.692. The van der Waals surface area contributed by atoms with Crippen LogP contribution in [0.1, 0.15) is 37.1 Å². The Kier molecular flexibility index (Phi) is 11.3. The third-order valence-corrected chi connectivity index (χ3v) is 11.2. The van der Waals surface area contributed by atoms with Gasteiger partial charge in [0, 0.05) is 90.3 Å². The van der Waals surface area contributed by atoms with Gasteiger partial charge in [0.1, 0.15) is 23.0 Å². The molecule has 2 aliphatic rings. The molecule has 0 radical (unpaired) electrons. The largest absolute Gasteiger partial charge is 0.497 e. The monoisotopic (exact) mass is 830 g/mol. The highest BCUT2D eigenvalue weighted by atomic mass is 16.5. The van der Waals surface area contributed by atoms with Gasteiger partial charge in [-0.05, 0) is 99.9 Å². The zero-order valence-electron chi connectivity index (χ0n) is 35.9. The Balaban J connectivity index is 0.000000158. The maximum atomic E-state index is 5.50. The summed E-state index contributed by atoms with van der Waals surface area (Å²) < 4.78 is 25.6. The van der Waals surface area contributed by atoms with Crippen molar-refractivity contribution in [2.24, 2.45) is 11.8 Å². The van der Waals surface area contributed by atoms with Crippen LogP contribution in [-0.4, -0.2) is 81.0 Å². The quantitative estimate of drug-likeness (QED) is 0.104. The maximum Gasteiger partial charge on any atom is 0.172 e. The molecule has 0 spiro atoms. The number of methoxy groups -OCH3 is 4. The molecule has 0 saturated heterocycles. The number of rotatable bonds is 14. The summed E-state index contributed by atoms with van der Waals surface area (Å²) in [5, 5.41) is 8.81. The van der Waals surface area contributed by atoms with Gasteiger partial charge in [-0.15, -0.1) is 0 Å². The number of hydrogen-bond acceptors (Lipinski definition) is 12. The van der Waals surface area contributed by atoms with Crippen LogP contribution < -0.4 is 28.7 Å². The summed E-state index contributed by atoms with van der Waals surface area (Å²) in [6, 6.07) is 28.3. The second-order valence-corrected chi connectivity index (χ2v) is 15.8. The lowest BCUT2D eigenvalue weighted by atomic mass is 10.2. The molecule has 4 heterocycles. The van der Waals surface area contributed by atoms with Crippen LogP contribution in [0, 0.1) is 25.7 Å². The van der Waals surface area contributed by atoms with Crippen molar-refractivity contribution in [3.05, 3.63) is 121 Å². The first-order chi connectivity index (χ1) is 30.3. The van der Waals surface area contributed by atoms with E-state index in [0.717, 1.165) is 92.3 Å². The van der Waals surface area contributed by atoms with Crippen molar-refractivity contribution in [2.75, 3.05) is 51.3 Å². The third-order valence-electron chi connectivity index (χ3n) is 11.2. The van der Waals surface area contributed by atoms with Crippen LogP contribution in [0.15, 0.2) is 110 Å². The third kappa shape index (κ3) is 8.94. The number of hydrogen-bond donors (Lipinski definition) is 0. The number of anilines is 4. The lowest BCUT2D eigenvalue weighted by Gasteiger charge is -2.26. The first kappa shape index (κ1) is 40.2. The molecule has 316 valence electrons. The molecule has 4 aromatic carbocycles. The van der Waals surface area contributed by atoms with E-state index < -0.39 is 0 Å². The Labute approximate surface area is 360 Å². The van der Waals surface area contributed by atoms with Crippen LogP contribution in [0.25, 0.3) is 33.7 Å². The van der Waals surface area contributed by atoms with Crippen LogP contribution in [0.2, 0.25) is 0 Å². The Hall–Kier alpha value is -7.22. The highest BCUT2D eigenvalue weighted by molar-refractivity contribution is 5.83. The minimum Gasteiger partial charge on any atom is -0.497 e. The van der Waals surface area contributed by atoms with Crippen molar-refractivity contribution in [2.45, 2.75) is 39.5 Å². The molecule has 0 bridgehead atoms. The lowest BCUT2D eigenvalue weighted by Crippen LogP contribution is -2.20. The molecule has 62 heavy (non-hydrogen) atoms. The van der Waals surface area contributed by atoms with E-state index in [2.05, 4.69) is 54.2 Å². The first-order valence-electron chi connectivity index (χ1n) is 20.9. The summed E-state index contributed by atoms with van der Waals surface area (Å²) in [5.74, 6) is 5.88. The van der Waals surface area contributed by atoms with E-state index in [0.29, 0.717) is 23.5 Å². The molecule has 2 aliphatic carbocycles. The highest BCUT2D eigenvalue weighted by Gasteiger charge is 2.27. The molecule has 2 saturated carbocycles. The summed E-state index contributed by atoms with van der Waals surface area (Å²) in [6.07, 6.45) is 12.2. The fourth-order valence-corrected chi connectivity index (χ4v) is 7.41. The molecule has 10 rings (SSSR count). The van der Waals surface area contributed by atoms with Gasteiger partial charge in [-0.3, -0.25) is 9.97 Å². The van der Waals surface area contributed by atoms with Crippen molar-refractivity contribution in [3.63, 3.8) is 0 Å². The van der Waals surface area contributed by atoms with Gasteiger partial charge in [0.05, 0.1) is 68.6 Å². The Morgan fingerprint density at radius 2 is 1.03 bits per heavy atom. The van der Waals surface area contributed by atoms with E-state index in [4.69, 9.17) is 28.9 Å². The Bertz CT molecular complexity index is 2810. The second-order valence-electron chi connectivity index (χ2n) is 15.8. The van der Waals surface area contributed by atoms with Gasteiger partial charge < -0.3 is 28.7 Å². The zero-order chi connectivity index (χ0) is 42.7. The van der Waals surface area contributed by atoms with Gasteiger partial charge in [0.2, 0.25) is 0 Å². The summed E-state index contributed by atoms with van der Waals surface area (Å²) in [4.78, 5) is 23.5. The molecule has 0 amide bonds. The van der Waals surface area contributed by atoms with Gasteiger partial charge in [0.15, 0.2) is 11.6 Å². The van der Waals surface area contributed by atoms with Gasteiger partial charge in [-0.1, -0.05) is 0 Å². The van der Waals surface area contributed by atoms with Crippen LogP contribution in [-0.2, 0) is 0 Å². The van der Waals surface area contributed by atoms with Gasteiger partial charge in [0.25, 0.3) is 0 Å². The molecule has 0 aliphatic heterocycles. The maximum absolute atomic E-state index is 5.50. The topological polar surface area (TPSA) is 131 Å². The number of aromatic nitrogens is 8. The standard InChI is InChI=1S/2C24H25N5O2/c1-16-8-9-29(27-16)24-14-25-22-7-6-18(12-23(22)26-24)28(15-17-4-5-17)19-10-20(30-2)13-21(11-19)31-3;1-16-8-9-26-29(16)24-14-25-22-7-6-18(12-23(22)27-24)28(15-17-4-5-17)19-10-20(30-2)13-21(11-19)31-3/h2*6-14,17H,4-5,15H2,1-3H3. The molecular weight excluding hydrogens is 781 g/mol. The fourth-order valence-electron chi connectivity index (χ4n) is 7.41. The SMILES string of the molecule is COc1cc(OC)cc(N(CC2CC2)c2ccc3ncc(-n4ccc(C)n4)nc3c2)c1.COc1cc(OC)cc(N(CC2CC2)c2ccc3ncc(-n4nccc4C)nc3c2)c1. The normalized spacial score (nSPS) is 13.4. The van der Waals surface area contributed by atoms with Crippen LogP contribution in [0.3, 0.4) is 0 Å². The Morgan fingerprint density at radius 3 is 1.45 bits per heavy atom. The summed E-state index contributed by atoms with van der Waals surface area (Å²) in [6.45, 7) is 5.84. The van der Waals surface area contributed by atoms with Crippen LogP contribution in [0.5, 0.6) is 23.0 Å². The minimum atomic E-state index is 0.692. The van der Waals surface area contributed by atoms with Gasteiger partial charge >= 0.3 is 0 Å². The van der Waals surface area contributed by atoms with E-state index in [1.807, 2.05) is 80.7 Å². The molecule has 14 heteroatoms. The van der Waals surface area contributed by atoms with E-state index in [1.165, 1.54) is 25.7 Å². The van der Waals surface area contributed by atoms with Crippen molar-refractivity contribution in [1.29, 1.82) is 0 Å². The average Bonchev–Trinajstić information content (AvgIpc) is 4.24. The molecule has 4 aromatic heterocycles. The second kappa shape index (κ2) is 17.4. The molecule has 0 unspecified atom stereocenters. The van der Waals surface area contributed by atoms with E-state index in [9.17, 15) is 0 Å². The average molecular weight is 831 g/mol. The molecular formula is C48H50N10O4. The van der Waals surface area contributed by atoms with Crippen molar-refractivity contribution < 1.29 is 18.9 Å². The van der Waals surface area contributed by atoms with Gasteiger partial charge in [-0.2, -0.15) is 10.2 Å². The smallest absolute Gasteiger partial charge is 0.172 e. The van der Waals surface area contributed by atoms with E-state index in [1.54, 1.807) is 56.4 Å². The highest BCUT2D eigenvalue weighted by Crippen LogP contribution is 2.40. The number of nitrogens with zero attached hydrogens (tertiary/aromatic N) is 10. The Morgan fingerprint density at radius 1 is 0.548 bits per heavy atom. The van der Waals surface area contributed by atoms with Crippen LogP contribution in [0.4, 0.5) is 22.7 Å². The van der Waals surface area contributed by atoms with E-state index >= 15 is 0 Å². The molecule has 2 fully saturated rings. The predicted molar refractivity (Wildman–Crippen MR) is 241 cm³/mol. The number of benzene rings is 4. The lowest BCUT2D eigenvalue weighted by molar-refractivity contribution is 0.394. The van der Waals surface area contributed by atoms with E-state index in [-0.39, 0.29) is 0 Å². The van der Waals surface area contributed by atoms with Crippen molar-refractivity contribution >= 4 is 44.8 Å². The van der Waals surface area contributed by atoms with Crippen molar-refractivity contribution in [3.8, 4) is 34.6 Å². The number of aryl methyl sites for hydroxylation is 2. The van der Waals surface area contributed by atoms with Gasteiger partial charge in [-0.25, -0.2) is 19.3 Å². The molecule has 8 aromatic rings. The summed E-state index contributed by atoms with van der Waals surface area (Å²) in [7, 11) is 6.70. The molecule has 14 nitrogen and oxygen atoms in total. The van der Waals surface area contributed by atoms with Crippen LogP contribution >= 0.6 is 0 Å². The molecule has 0 atom stereocenters.